The topological polar surface area (TPSA) is 50.7 Å². The van der Waals surface area contributed by atoms with E-state index >= 15 is 0 Å². The first-order chi connectivity index (χ1) is 10.2. The van der Waals surface area contributed by atoms with Crippen LogP contribution in [0.4, 0.5) is 0 Å². The monoisotopic (exact) mass is 311 g/mol. The normalized spacial score (nSPS) is 29.0. The molecule has 1 aromatic carbocycles. The van der Waals surface area contributed by atoms with Crippen LogP contribution in [-0.4, -0.2) is 37.6 Å². The third-order valence-corrected chi connectivity index (χ3v) is 4.87. The number of methoxy groups -OCH3 is 1. The lowest BCUT2D eigenvalue weighted by molar-refractivity contribution is -0.0197. The highest BCUT2D eigenvalue weighted by Gasteiger charge is 2.30. The van der Waals surface area contributed by atoms with E-state index in [1.54, 1.807) is 7.11 Å². The smallest absolute Gasteiger partial charge is 0.137 e. The molecule has 1 saturated heterocycles. The molecule has 0 amide bonds. The second kappa shape index (κ2) is 6.53. The fourth-order valence-electron chi connectivity index (χ4n) is 3.32. The summed E-state index contributed by atoms with van der Waals surface area (Å²) >= 11 is 6.52. The minimum Gasteiger partial charge on any atom is -0.495 e. The quantitative estimate of drug-likeness (QED) is 0.900. The summed E-state index contributed by atoms with van der Waals surface area (Å²) in [5, 5.41) is 14.4. The summed E-state index contributed by atoms with van der Waals surface area (Å²) < 4.78 is 10.8. The summed E-state index contributed by atoms with van der Waals surface area (Å²) in [5.74, 6) is 0.713. The van der Waals surface area contributed by atoms with Crippen molar-refractivity contribution < 1.29 is 14.6 Å². The van der Waals surface area contributed by atoms with Crippen LogP contribution >= 0.6 is 11.6 Å². The van der Waals surface area contributed by atoms with Gasteiger partial charge in [-0.05, 0) is 42.9 Å². The van der Waals surface area contributed by atoms with Gasteiger partial charge in [0.1, 0.15) is 5.75 Å². The molecule has 21 heavy (non-hydrogen) atoms. The van der Waals surface area contributed by atoms with Gasteiger partial charge in [0, 0.05) is 12.6 Å². The molecule has 0 aromatic heterocycles. The maximum absolute atomic E-state index is 10.1. The SMILES string of the molecule is COc1ccc2c(c1Cl)C(N[C@@H]1COCC[C@H]1O)CCC2. The summed E-state index contributed by atoms with van der Waals surface area (Å²) in [6.45, 7) is 1.18. The number of nitrogens with one attached hydrogen (secondary N) is 1. The summed E-state index contributed by atoms with van der Waals surface area (Å²) in [5.41, 5.74) is 2.40. The van der Waals surface area contributed by atoms with E-state index in [-0.39, 0.29) is 18.2 Å². The second-order valence-corrected chi connectivity index (χ2v) is 6.18. The largest absolute Gasteiger partial charge is 0.495 e. The Kier molecular flexibility index (Phi) is 4.69. The van der Waals surface area contributed by atoms with Gasteiger partial charge in [0.05, 0.1) is 30.9 Å². The van der Waals surface area contributed by atoms with Crippen molar-refractivity contribution in [1.29, 1.82) is 0 Å². The average Bonchev–Trinajstić information content (AvgIpc) is 2.50. The molecule has 1 unspecified atom stereocenters. The molecule has 1 aromatic rings. The highest BCUT2D eigenvalue weighted by atomic mass is 35.5. The molecule has 0 bridgehead atoms. The summed E-state index contributed by atoms with van der Waals surface area (Å²) in [4.78, 5) is 0. The number of aryl methyl sites for hydroxylation is 1. The number of benzene rings is 1. The summed E-state index contributed by atoms with van der Waals surface area (Å²) in [6, 6.07) is 4.15. The number of ether oxygens (including phenoxy) is 2. The van der Waals surface area contributed by atoms with Crippen molar-refractivity contribution in [3.8, 4) is 5.75 Å². The van der Waals surface area contributed by atoms with E-state index in [1.807, 2.05) is 6.07 Å². The van der Waals surface area contributed by atoms with Crippen LogP contribution < -0.4 is 10.1 Å². The highest BCUT2D eigenvalue weighted by molar-refractivity contribution is 6.33. The van der Waals surface area contributed by atoms with Crippen molar-refractivity contribution in [3.05, 3.63) is 28.3 Å². The Balaban J connectivity index is 1.85. The zero-order valence-electron chi connectivity index (χ0n) is 12.3. The number of aliphatic hydroxyl groups is 1. The molecule has 0 radical (unpaired) electrons. The van der Waals surface area contributed by atoms with Crippen LogP contribution in [0.5, 0.6) is 5.75 Å². The fourth-order valence-corrected chi connectivity index (χ4v) is 3.71. The standard InChI is InChI=1S/C16H22ClNO3/c1-20-14-6-5-10-3-2-4-11(15(10)16(14)17)18-12-9-21-8-7-13(12)19/h5-6,11-13,18-19H,2-4,7-9H2,1H3/t11?,12-,13-/m1/s1. The molecule has 1 aliphatic heterocycles. The molecule has 5 heteroatoms. The van der Waals surface area contributed by atoms with Crippen LogP contribution in [0.25, 0.3) is 0 Å². The van der Waals surface area contributed by atoms with Gasteiger partial charge >= 0.3 is 0 Å². The Labute approximate surface area is 130 Å². The predicted molar refractivity (Wildman–Crippen MR) is 82.0 cm³/mol. The van der Waals surface area contributed by atoms with Gasteiger partial charge in [-0.15, -0.1) is 0 Å². The molecular weight excluding hydrogens is 290 g/mol. The van der Waals surface area contributed by atoms with E-state index in [1.165, 1.54) is 5.56 Å². The maximum atomic E-state index is 10.1. The van der Waals surface area contributed by atoms with Gasteiger partial charge in [-0.25, -0.2) is 0 Å². The minimum atomic E-state index is -0.353. The van der Waals surface area contributed by atoms with Crippen LogP contribution in [0.1, 0.15) is 36.4 Å². The zero-order valence-corrected chi connectivity index (χ0v) is 13.0. The third kappa shape index (κ3) is 3.04. The first-order valence-corrected chi connectivity index (χ1v) is 7.95. The van der Waals surface area contributed by atoms with Crippen molar-refractivity contribution in [3.63, 3.8) is 0 Å². The molecule has 116 valence electrons. The predicted octanol–water partition coefficient (Wildman–Crippen LogP) is 2.47. The Morgan fingerprint density at radius 1 is 1.38 bits per heavy atom. The van der Waals surface area contributed by atoms with Crippen LogP contribution in [0.15, 0.2) is 12.1 Å². The molecule has 4 nitrogen and oxygen atoms in total. The van der Waals surface area contributed by atoms with Gasteiger partial charge in [0.25, 0.3) is 0 Å². The highest BCUT2D eigenvalue weighted by Crippen LogP contribution is 2.40. The molecule has 2 aliphatic rings. The van der Waals surface area contributed by atoms with Crippen molar-refractivity contribution in [2.75, 3.05) is 20.3 Å². The zero-order chi connectivity index (χ0) is 14.8. The number of hydrogen-bond donors (Lipinski definition) is 2. The average molecular weight is 312 g/mol. The number of fused-ring (bicyclic) bond motifs is 1. The number of hydrogen-bond acceptors (Lipinski definition) is 4. The molecule has 1 aliphatic carbocycles. The van der Waals surface area contributed by atoms with E-state index in [0.717, 1.165) is 24.8 Å². The molecule has 0 saturated carbocycles. The lowest BCUT2D eigenvalue weighted by Crippen LogP contribution is -2.48. The first-order valence-electron chi connectivity index (χ1n) is 7.58. The second-order valence-electron chi connectivity index (χ2n) is 5.80. The lowest BCUT2D eigenvalue weighted by Gasteiger charge is -2.35. The summed E-state index contributed by atoms with van der Waals surface area (Å²) in [6.07, 6.45) is 3.51. The molecule has 3 atom stereocenters. The molecular formula is C16H22ClNO3. The number of aliphatic hydroxyl groups excluding tert-OH is 1. The third-order valence-electron chi connectivity index (χ3n) is 4.48. The van der Waals surface area contributed by atoms with Crippen molar-refractivity contribution in [1.82, 2.24) is 5.32 Å². The lowest BCUT2D eigenvalue weighted by atomic mass is 9.86. The summed E-state index contributed by atoms with van der Waals surface area (Å²) in [7, 11) is 1.64. The van der Waals surface area contributed by atoms with Gasteiger partial charge in [0.2, 0.25) is 0 Å². The molecule has 0 spiro atoms. The number of halogens is 1. The van der Waals surface area contributed by atoms with Gasteiger partial charge in [-0.2, -0.15) is 0 Å². The molecule has 3 rings (SSSR count). The van der Waals surface area contributed by atoms with Crippen molar-refractivity contribution >= 4 is 11.6 Å². The number of rotatable bonds is 3. The maximum Gasteiger partial charge on any atom is 0.137 e. The Hall–Kier alpha value is -0.810. The Bertz CT molecular complexity index is 509. The van der Waals surface area contributed by atoms with Gasteiger partial charge < -0.3 is 19.9 Å². The van der Waals surface area contributed by atoms with Gasteiger partial charge in [-0.1, -0.05) is 17.7 Å². The van der Waals surface area contributed by atoms with Crippen LogP contribution in [0.2, 0.25) is 5.02 Å². The fraction of sp³-hybridized carbons (Fsp3) is 0.625. The van der Waals surface area contributed by atoms with E-state index in [9.17, 15) is 5.11 Å². The van der Waals surface area contributed by atoms with E-state index in [0.29, 0.717) is 30.4 Å². The molecule has 1 heterocycles. The Morgan fingerprint density at radius 3 is 3.00 bits per heavy atom. The Morgan fingerprint density at radius 2 is 2.24 bits per heavy atom. The molecule has 1 fully saturated rings. The van der Waals surface area contributed by atoms with Gasteiger partial charge in [-0.3, -0.25) is 0 Å². The molecule has 2 N–H and O–H groups in total. The van der Waals surface area contributed by atoms with Crippen LogP contribution in [0, 0.1) is 0 Å². The van der Waals surface area contributed by atoms with Crippen LogP contribution in [0.3, 0.4) is 0 Å². The van der Waals surface area contributed by atoms with Crippen molar-refractivity contribution in [2.45, 2.75) is 43.9 Å². The van der Waals surface area contributed by atoms with Crippen molar-refractivity contribution in [2.24, 2.45) is 0 Å². The minimum absolute atomic E-state index is 0.0306. The van der Waals surface area contributed by atoms with Gasteiger partial charge in [0.15, 0.2) is 0 Å². The van der Waals surface area contributed by atoms with E-state index in [4.69, 9.17) is 21.1 Å². The van der Waals surface area contributed by atoms with E-state index < -0.39 is 0 Å². The van der Waals surface area contributed by atoms with Crippen LogP contribution in [-0.2, 0) is 11.2 Å². The first kappa shape index (κ1) is 15.1. The van der Waals surface area contributed by atoms with E-state index in [2.05, 4.69) is 11.4 Å².